The van der Waals surface area contributed by atoms with E-state index in [0.717, 1.165) is 14.5 Å². The molecule has 0 radical (unpaired) electrons. The molecule has 0 spiro atoms. The molecule has 1 atom stereocenters. The Hall–Kier alpha value is -1.40. The van der Waals surface area contributed by atoms with Crippen LogP contribution in [-0.4, -0.2) is 11.0 Å². The lowest BCUT2D eigenvalue weighted by Crippen LogP contribution is -2.31. The molecule has 20 heavy (non-hydrogen) atoms. The van der Waals surface area contributed by atoms with E-state index in [9.17, 15) is 4.79 Å². The van der Waals surface area contributed by atoms with Crippen LogP contribution < -0.4 is 10.6 Å². The van der Waals surface area contributed by atoms with Gasteiger partial charge in [0.25, 0.3) is 0 Å². The van der Waals surface area contributed by atoms with Crippen LogP contribution in [0.3, 0.4) is 0 Å². The molecule has 0 saturated carbocycles. The smallest absolute Gasteiger partial charge is 0.319 e. The molecule has 0 bridgehead atoms. The van der Waals surface area contributed by atoms with Crippen LogP contribution in [0.1, 0.15) is 18.5 Å². The van der Waals surface area contributed by atoms with Gasteiger partial charge in [-0.05, 0) is 58.7 Å². The molecule has 0 fully saturated rings. The van der Waals surface area contributed by atoms with Crippen LogP contribution in [0.4, 0.5) is 10.5 Å². The first-order valence-corrected chi connectivity index (χ1v) is 7.57. The molecule has 6 heteroatoms. The number of carbonyl (C=O) groups is 1. The van der Waals surface area contributed by atoms with Crippen LogP contribution in [0.5, 0.6) is 0 Å². The molecule has 2 N–H and O–H groups in total. The highest BCUT2D eigenvalue weighted by atomic mass is 79.9. The van der Waals surface area contributed by atoms with E-state index in [2.05, 4.69) is 47.5 Å². The Balaban J connectivity index is 1.99. The number of hydrogen-bond acceptors (Lipinski definition) is 2. The highest BCUT2D eigenvalue weighted by Crippen LogP contribution is 2.26. The van der Waals surface area contributed by atoms with Gasteiger partial charge in [0.1, 0.15) is 0 Å². The topological polar surface area (TPSA) is 54.0 Å². The average molecular weight is 399 g/mol. The summed E-state index contributed by atoms with van der Waals surface area (Å²) in [5, 5.41) is 5.68. The van der Waals surface area contributed by atoms with E-state index < -0.39 is 0 Å². The number of urea groups is 1. The maximum absolute atomic E-state index is 12.0. The minimum atomic E-state index is -0.252. The molecular weight excluding hydrogens is 386 g/mol. The zero-order valence-electron chi connectivity index (χ0n) is 10.7. The molecule has 104 valence electrons. The zero-order valence-corrected chi connectivity index (χ0v) is 13.9. The number of carbonyl (C=O) groups excluding carboxylic acids is 1. The molecule has 2 amide bonds. The van der Waals surface area contributed by atoms with Crippen LogP contribution in [0.15, 0.2) is 51.7 Å². The first kappa shape index (κ1) is 15.0. The number of aromatic nitrogens is 1. The fourth-order valence-corrected chi connectivity index (χ4v) is 2.83. The summed E-state index contributed by atoms with van der Waals surface area (Å²) in [5.41, 5.74) is 1.72. The number of pyridine rings is 1. The van der Waals surface area contributed by atoms with E-state index in [4.69, 9.17) is 0 Å². The molecular formula is C14H13Br2N3O. The maximum Gasteiger partial charge on any atom is 0.319 e. The number of halogens is 2. The summed E-state index contributed by atoms with van der Waals surface area (Å²) >= 11 is 6.78. The second-order valence-electron chi connectivity index (χ2n) is 4.22. The predicted molar refractivity (Wildman–Crippen MR) is 86.6 cm³/mol. The second-order valence-corrected chi connectivity index (χ2v) is 5.99. The van der Waals surface area contributed by atoms with Gasteiger partial charge in [-0.3, -0.25) is 4.98 Å². The fraction of sp³-hybridized carbons (Fsp3) is 0.143. The molecule has 2 rings (SSSR count). The van der Waals surface area contributed by atoms with E-state index in [1.807, 2.05) is 37.3 Å². The Kier molecular flexibility index (Phi) is 5.14. The molecule has 1 aromatic carbocycles. The van der Waals surface area contributed by atoms with Gasteiger partial charge in [-0.1, -0.05) is 15.9 Å². The highest BCUT2D eigenvalue weighted by Gasteiger charge is 2.10. The van der Waals surface area contributed by atoms with Crippen molar-refractivity contribution in [2.24, 2.45) is 0 Å². The van der Waals surface area contributed by atoms with E-state index in [-0.39, 0.29) is 12.1 Å². The van der Waals surface area contributed by atoms with Crippen LogP contribution >= 0.6 is 31.9 Å². The maximum atomic E-state index is 12.0. The largest absolute Gasteiger partial charge is 0.331 e. The normalized spacial score (nSPS) is 11.8. The summed E-state index contributed by atoms with van der Waals surface area (Å²) in [5.74, 6) is 0. The summed E-state index contributed by atoms with van der Waals surface area (Å²) in [4.78, 5) is 15.9. The highest BCUT2D eigenvalue weighted by molar-refractivity contribution is 9.11. The lowest BCUT2D eigenvalue weighted by atomic mass is 10.1. The Morgan fingerprint density at radius 1 is 1.20 bits per heavy atom. The Morgan fingerprint density at radius 3 is 2.55 bits per heavy atom. The van der Waals surface area contributed by atoms with Gasteiger partial charge in [0.2, 0.25) is 0 Å². The monoisotopic (exact) mass is 397 g/mol. The number of nitrogens with one attached hydrogen (secondary N) is 2. The second kappa shape index (κ2) is 6.85. The Morgan fingerprint density at radius 2 is 1.90 bits per heavy atom. The van der Waals surface area contributed by atoms with Crippen molar-refractivity contribution in [3.8, 4) is 0 Å². The summed E-state index contributed by atoms with van der Waals surface area (Å²) in [6.07, 6.45) is 3.41. The van der Waals surface area contributed by atoms with Gasteiger partial charge in [0.05, 0.1) is 11.7 Å². The van der Waals surface area contributed by atoms with E-state index in [0.29, 0.717) is 5.69 Å². The molecule has 1 aromatic heterocycles. The third-order valence-corrected chi connectivity index (χ3v) is 3.88. The standard InChI is InChI=1S/C14H13Br2N3O/c1-9(10-4-6-17-7-5-10)18-14(20)19-13-3-2-11(15)8-12(13)16/h2-9H,1H3,(H2,18,19,20)/t9-/m0/s1. The summed E-state index contributed by atoms with van der Waals surface area (Å²) in [6.45, 7) is 1.92. The number of nitrogens with zero attached hydrogens (tertiary/aromatic N) is 1. The quantitative estimate of drug-likeness (QED) is 0.800. The predicted octanol–water partition coefficient (Wildman–Crippen LogP) is 4.49. The van der Waals surface area contributed by atoms with Gasteiger partial charge in [0.15, 0.2) is 0 Å². The number of anilines is 1. The van der Waals surface area contributed by atoms with Crippen molar-refractivity contribution in [3.05, 3.63) is 57.2 Å². The van der Waals surface area contributed by atoms with Gasteiger partial charge in [-0.2, -0.15) is 0 Å². The number of rotatable bonds is 3. The number of benzene rings is 1. The first-order valence-electron chi connectivity index (χ1n) is 5.99. The van der Waals surface area contributed by atoms with Gasteiger partial charge >= 0.3 is 6.03 Å². The lowest BCUT2D eigenvalue weighted by Gasteiger charge is -2.15. The lowest BCUT2D eigenvalue weighted by molar-refractivity contribution is 0.249. The fourth-order valence-electron chi connectivity index (χ4n) is 1.68. The van der Waals surface area contributed by atoms with E-state index >= 15 is 0 Å². The van der Waals surface area contributed by atoms with Crippen molar-refractivity contribution in [1.82, 2.24) is 10.3 Å². The van der Waals surface area contributed by atoms with Crippen LogP contribution in [-0.2, 0) is 0 Å². The average Bonchev–Trinajstić information content (AvgIpc) is 2.43. The minimum absolute atomic E-state index is 0.0905. The number of amides is 2. The number of hydrogen-bond donors (Lipinski definition) is 2. The van der Waals surface area contributed by atoms with Gasteiger partial charge < -0.3 is 10.6 Å². The third-order valence-electron chi connectivity index (χ3n) is 2.73. The Labute approximate surface area is 134 Å². The third kappa shape index (κ3) is 4.05. The van der Waals surface area contributed by atoms with Crippen molar-refractivity contribution in [2.75, 3.05) is 5.32 Å². The molecule has 0 aliphatic heterocycles. The molecule has 1 heterocycles. The summed E-state index contributed by atoms with van der Waals surface area (Å²) in [7, 11) is 0. The van der Waals surface area contributed by atoms with Crippen LogP contribution in [0, 0.1) is 0 Å². The molecule has 2 aromatic rings. The molecule has 4 nitrogen and oxygen atoms in total. The Bertz CT molecular complexity index is 605. The van der Waals surface area contributed by atoms with Crippen molar-refractivity contribution in [1.29, 1.82) is 0 Å². The minimum Gasteiger partial charge on any atom is -0.331 e. The molecule has 0 aliphatic rings. The van der Waals surface area contributed by atoms with E-state index in [1.54, 1.807) is 12.4 Å². The van der Waals surface area contributed by atoms with Crippen LogP contribution in [0.2, 0.25) is 0 Å². The summed E-state index contributed by atoms with van der Waals surface area (Å²) in [6, 6.07) is 8.98. The van der Waals surface area contributed by atoms with Crippen molar-refractivity contribution in [3.63, 3.8) is 0 Å². The molecule has 0 unspecified atom stereocenters. The van der Waals surface area contributed by atoms with Crippen molar-refractivity contribution in [2.45, 2.75) is 13.0 Å². The molecule has 0 aliphatic carbocycles. The molecule has 0 saturated heterocycles. The van der Waals surface area contributed by atoms with Crippen molar-refractivity contribution < 1.29 is 4.79 Å². The van der Waals surface area contributed by atoms with Gasteiger partial charge in [0, 0.05) is 21.3 Å². The van der Waals surface area contributed by atoms with Crippen molar-refractivity contribution >= 4 is 43.6 Å². The summed E-state index contributed by atoms with van der Waals surface area (Å²) < 4.78 is 1.76. The van der Waals surface area contributed by atoms with Gasteiger partial charge in [-0.15, -0.1) is 0 Å². The SMILES string of the molecule is C[C@H](NC(=O)Nc1ccc(Br)cc1Br)c1ccncc1. The zero-order chi connectivity index (χ0) is 14.5. The van der Waals surface area contributed by atoms with Gasteiger partial charge in [-0.25, -0.2) is 4.79 Å². The van der Waals surface area contributed by atoms with Crippen LogP contribution in [0.25, 0.3) is 0 Å². The first-order chi connectivity index (χ1) is 9.56. The van der Waals surface area contributed by atoms with E-state index in [1.165, 1.54) is 0 Å².